The van der Waals surface area contributed by atoms with Gasteiger partial charge in [-0.25, -0.2) is 14.2 Å². The number of rotatable bonds is 3. The molecule has 1 N–H and O–H groups in total. The van der Waals surface area contributed by atoms with E-state index in [0.29, 0.717) is 34.8 Å². The molecule has 2 aliphatic heterocycles. The highest BCUT2D eigenvalue weighted by molar-refractivity contribution is 5.98. The van der Waals surface area contributed by atoms with Crippen LogP contribution in [0.25, 0.3) is 5.57 Å². The third kappa shape index (κ3) is 3.40. The van der Waals surface area contributed by atoms with Crippen molar-refractivity contribution in [2.75, 3.05) is 19.7 Å². The van der Waals surface area contributed by atoms with Gasteiger partial charge in [-0.3, -0.25) is 4.79 Å². The molecule has 7 heteroatoms. The molecule has 1 amide bonds. The third-order valence-electron chi connectivity index (χ3n) is 5.01. The molecule has 0 aliphatic carbocycles. The quantitative estimate of drug-likeness (QED) is 0.804. The van der Waals surface area contributed by atoms with Gasteiger partial charge in [-0.05, 0) is 55.3 Å². The number of esters is 1. The Morgan fingerprint density at radius 1 is 1.21 bits per heavy atom. The van der Waals surface area contributed by atoms with Gasteiger partial charge in [0.2, 0.25) is 0 Å². The second kappa shape index (κ2) is 7.50. The van der Waals surface area contributed by atoms with Crippen LogP contribution in [0, 0.1) is 5.82 Å². The number of allylic oxidation sites excluding steroid dienone is 1. The van der Waals surface area contributed by atoms with Crippen molar-refractivity contribution < 1.29 is 23.8 Å². The molecule has 0 spiro atoms. The predicted molar refractivity (Wildman–Crippen MR) is 103 cm³/mol. The van der Waals surface area contributed by atoms with E-state index < -0.39 is 11.8 Å². The van der Waals surface area contributed by atoms with Crippen molar-refractivity contribution in [3.63, 3.8) is 0 Å². The summed E-state index contributed by atoms with van der Waals surface area (Å²) in [5.74, 6) is -1.21. The number of ether oxygens (including phenoxy) is 1. The number of fused-ring (bicyclic) bond motifs is 2. The molecule has 2 heterocycles. The summed E-state index contributed by atoms with van der Waals surface area (Å²) in [5, 5.41) is 11.5. The van der Waals surface area contributed by atoms with Crippen molar-refractivity contribution in [2.45, 2.75) is 13.3 Å². The molecular formula is C22H19FN2O4. The Bertz CT molecular complexity index is 1150. The van der Waals surface area contributed by atoms with E-state index in [1.807, 2.05) is 0 Å². The fourth-order valence-corrected chi connectivity index (χ4v) is 3.65. The fraction of sp³-hybridized carbons (Fsp3) is 0.227. The van der Waals surface area contributed by atoms with Gasteiger partial charge < -0.3 is 14.7 Å². The first-order valence-electron chi connectivity index (χ1n) is 9.35. The first-order chi connectivity index (χ1) is 14.0. The largest absolute Gasteiger partial charge is 0.507 e. The number of phenolic OH excluding ortho intramolecular Hbond substituents is 1. The number of carbonyl (C=O) groups excluding carboxylic acids is 2. The van der Waals surface area contributed by atoms with Gasteiger partial charge in [0.1, 0.15) is 11.6 Å². The molecule has 2 aliphatic rings. The molecule has 0 atom stereocenters. The maximum absolute atomic E-state index is 13.2. The van der Waals surface area contributed by atoms with Gasteiger partial charge in [0.25, 0.3) is 5.91 Å². The molecule has 0 saturated heterocycles. The molecule has 0 unspecified atom stereocenters. The lowest BCUT2D eigenvalue weighted by molar-refractivity contribution is -0.138. The molecule has 2 aromatic carbocycles. The van der Waals surface area contributed by atoms with Crippen LogP contribution in [0.4, 0.5) is 4.39 Å². The van der Waals surface area contributed by atoms with Gasteiger partial charge in [-0.1, -0.05) is 6.07 Å². The zero-order chi connectivity index (χ0) is 20.5. The number of hydrogen-bond acceptors (Lipinski definition) is 5. The second-order valence-electron chi connectivity index (χ2n) is 6.79. The minimum absolute atomic E-state index is 0.0200. The molecule has 29 heavy (non-hydrogen) atoms. The number of hydrogen-bond donors (Lipinski definition) is 1. The first kappa shape index (κ1) is 18.9. The number of aromatic hydroxyl groups is 1. The van der Waals surface area contributed by atoms with E-state index in [9.17, 15) is 19.1 Å². The molecule has 0 bridgehead atoms. The summed E-state index contributed by atoms with van der Waals surface area (Å²) in [6.07, 6.45) is 0.416. The standard InChI is InChI=1S/C22H19FN2O4/c1-2-29-22(28)16-12-25(21(27)13-6-8-14(23)9-7-13)11-10-15-19-17(24-20(15)16)4-3-5-18(19)26/h3-9,26H,2,10-12H2,1H3. The first-order valence-corrected chi connectivity index (χ1v) is 9.35. The summed E-state index contributed by atoms with van der Waals surface area (Å²) in [6.45, 7) is 2.24. The van der Waals surface area contributed by atoms with E-state index >= 15 is 0 Å². The van der Waals surface area contributed by atoms with Gasteiger partial charge in [0, 0.05) is 17.3 Å². The SMILES string of the molecule is CCOC(=O)C1=C2N=c3cccc(O)c3=C2CCN(C(=O)c2ccc(F)cc2)C1. The Balaban J connectivity index is 1.80. The summed E-state index contributed by atoms with van der Waals surface area (Å²) < 4.78 is 18.4. The van der Waals surface area contributed by atoms with E-state index in [2.05, 4.69) is 4.99 Å². The van der Waals surface area contributed by atoms with E-state index in [4.69, 9.17) is 4.74 Å². The molecule has 0 fully saturated rings. The summed E-state index contributed by atoms with van der Waals surface area (Å²) in [5.41, 5.74) is 1.77. The maximum atomic E-state index is 13.2. The minimum Gasteiger partial charge on any atom is -0.507 e. The number of halogens is 1. The Morgan fingerprint density at radius 2 is 1.97 bits per heavy atom. The molecule has 6 nitrogen and oxygen atoms in total. The topological polar surface area (TPSA) is 79.2 Å². The van der Waals surface area contributed by atoms with Crippen molar-refractivity contribution in [3.05, 3.63) is 75.7 Å². The Morgan fingerprint density at radius 3 is 2.69 bits per heavy atom. The van der Waals surface area contributed by atoms with Crippen LogP contribution in [0.2, 0.25) is 0 Å². The molecular weight excluding hydrogens is 375 g/mol. The monoisotopic (exact) mass is 394 g/mol. The third-order valence-corrected chi connectivity index (χ3v) is 5.01. The number of phenols is 1. The molecule has 0 radical (unpaired) electrons. The van der Waals surface area contributed by atoms with E-state index in [0.717, 1.165) is 5.57 Å². The van der Waals surface area contributed by atoms with E-state index in [1.165, 1.54) is 29.2 Å². The highest BCUT2D eigenvalue weighted by atomic mass is 19.1. The van der Waals surface area contributed by atoms with Gasteiger partial charge >= 0.3 is 5.97 Å². The van der Waals surface area contributed by atoms with Gasteiger partial charge in [0.15, 0.2) is 0 Å². The van der Waals surface area contributed by atoms with Crippen LogP contribution in [0.5, 0.6) is 5.75 Å². The second-order valence-corrected chi connectivity index (χ2v) is 6.79. The lowest BCUT2D eigenvalue weighted by atomic mass is 10.0. The molecule has 4 rings (SSSR count). The lowest BCUT2D eigenvalue weighted by Crippen LogP contribution is -2.35. The van der Waals surface area contributed by atoms with Crippen molar-refractivity contribution in [2.24, 2.45) is 4.99 Å². The summed E-state index contributed by atoms with van der Waals surface area (Å²) >= 11 is 0. The zero-order valence-corrected chi connectivity index (χ0v) is 15.8. The normalized spacial score (nSPS) is 15.4. The average molecular weight is 394 g/mol. The molecule has 2 aromatic rings. The summed E-state index contributed by atoms with van der Waals surface area (Å²) in [6, 6.07) is 10.3. The van der Waals surface area contributed by atoms with Crippen molar-refractivity contribution in [3.8, 4) is 5.75 Å². The number of amides is 1. The van der Waals surface area contributed by atoms with Crippen LogP contribution in [0.15, 0.2) is 58.7 Å². The number of benzene rings is 2. The van der Waals surface area contributed by atoms with E-state index in [1.54, 1.807) is 25.1 Å². The highest BCUT2D eigenvalue weighted by Crippen LogP contribution is 2.29. The van der Waals surface area contributed by atoms with Crippen molar-refractivity contribution in [1.29, 1.82) is 0 Å². The smallest absolute Gasteiger partial charge is 0.338 e. The van der Waals surface area contributed by atoms with Gasteiger partial charge in [0.05, 0.1) is 29.8 Å². The number of carbonyl (C=O) groups is 2. The van der Waals surface area contributed by atoms with Crippen molar-refractivity contribution >= 4 is 17.4 Å². The van der Waals surface area contributed by atoms with Crippen LogP contribution in [0.1, 0.15) is 23.7 Å². The fourth-order valence-electron chi connectivity index (χ4n) is 3.65. The number of nitrogens with zero attached hydrogens (tertiary/aromatic N) is 2. The maximum Gasteiger partial charge on any atom is 0.338 e. The molecule has 0 saturated carbocycles. The van der Waals surface area contributed by atoms with Gasteiger partial charge in [-0.15, -0.1) is 0 Å². The Hall–Kier alpha value is -3.48. The highest BCUT2D eigenvalue weighted by Gasteiger charge is 2.31. The lowest BCUT2D eigenvalue weighted by Gasteiger charge is -2.21. The van der Waals surface area contributed by atoms with Crippen LogP contribution >= 0.6 is 0 Å². The van der Waals surface area contributed by atoms with Crippen LogP contribution in [0.3, 0.4) is 0 Å². The van der Waals surface area contributed by atoms with Crippen molar-refractivity contribution in [1.82, 2.24) is 4.90 Å². The molecule has 148 valence electrons. The molecule has 0 aromatic heterocycles. The zero-order valence-electron chi connectivity index (χ0n) is 15.8. The van der Waals surface area contributed by atoms with Crippen LogP contribution in [-0.2, 0) is 9.53 Å². The minimum atomic E-state index is -0.546. The van der Waals surface area contributed by atoms with Crippen LogP contribution < -0.4 is 10.6 Å². The summed E-state index contributed by atoms with van der Waals surface area (Å²) in [7, 11) is 0. The average Bonchev–Trinajstić information content (AvgIpc) is 2.98. The Labute approximate surface area is 166 Å². The summed E-state index contributed by atoms with van der Waals surface area (Å²) in [4.78, 5) is 31.7. The van der Waals surface area contributed by atoms with E-state index in [-0.39, 0.29) is 30.4 Å². The van der Waals surface area contributed by atoms with Gasteiger partial charge in [-0.2, -0.15) is 0 Å². The van der Waals surface area contributed by atoms with Crippen LogP contribution in [-0.4, -0.2) is 41.6 Å². The predicted octanol–water partition coefficient (Wildman–Crippen LogP) is 1.68. The Kier molecular flexibility index (Phi) is 4.88.